The van der Waals surface area contributed by atoms with Crippen molar-refractivity contribution in [3.8, 4) is 0 Å². The Hall–Kier alpha value is -0.120. The second kappa shape index (κ2) is 7.30. The Morgan fingerprint density at radius 2 is 2.00 bits per heavy atom. The summed E-state index contributed by atoms with van der Waals surface area (Å²) in [5, 5.41) is 0. The minimum absolute atomic E-state index is 0.293. The normalized spacial score (nSPS) is 14.1. The Balaban J connectivity index is 3.46. The van der Waals surface area contributed by atoms with E-state index in [0.717, 1.165) is 26.1 Å². The number of nitrogens with zero attached hydrogens (tertiary/aromatic N) is 1. The molecule has 0 bridgehead atoms. The van der Waals surface area contributed by atoms with E-state index in [-0.39, 0.29) is 0 Å². The molecule has 0 aliphatic heterocycles. The molecule has 80 valence electrons. The van der Waals surface area contributed by atoms with E-state index in [2.05, 4.69) is 25.8 Å². The topological polar surface area (TPSA) is 38.5 Å². The maximum atomic E-state index is 5.96. The minimum Gasteiger partial charge on any atom is -0.383 e. The second-order valence-corrected chi connectivity index (χ2v) is 4.14. The lowest BCUT2D eigenvalue weighted by atomic mass is 10.0. The summed E-state index contributed by atoms with van der Waals surface area (Å²) < 4.78 is 4.99. The summed E-state index contributed by atoms with van der Waals surface area (Å²) in [6.07, 6.45) is 1.09. The molecule has 0 radical (unpaired) electrons. The summed E-state index contributed by atoms with van der Waals surface area (Å²) in [6, 6.07) is 0.293. The van der Waals surface area contributed by atoms with Crippen molar-refractivity contribution in [2.24, 2.45) is 11.7 Å². The van der Waals surface area contributed by atoms with Crippen LogP contribution in [-0.4, -0.2) is 44.8 Å². The van der Waals surface area contributed by atoms with Gasteiger partial charge in [-0.15, -0.1) is 0 Å². The molecule has 0 saturated heterocycles. The van der Waals surface area contributed by atoms with Crippen LogP contribution in [0.25, 0.3) is 0 Å². The van der Waals surface area contributed by atoms with E-state index < -0.39 is 0 Å². The molecule has 0 rings (SSSR count). The van der Waals surface area contributed by atoms with Gasteiger partial charge in [0.1, 0.15) is 0 Å². The second-order valence-electron chi connectivity index (χ2n) is 4.14. The van der Waals surface area contributed by atoms with Gasteiger partial charge in [0.25, 0.3) is 0 Å². The molecule has 0 saturated carbocycles. The van der Waals surface area contributed by atoms with E-state index in [1.165, 1.54) is 0 Å². The molecule has 0 aromatic rings. The first kappa shape index (κ1) is 12.9. The van der Waals surface area contributed by atoms with Crippen molar-refractivity contribution in [2.45, 2.75) is 26.3 Å². The first-order valence-electron chi connectivity index (χ1n) is 4.99. The van der Waals surface area contributed by atoms with E-state index >= 15 is 0 Å². The Morgan fingerprint density at radius 3 is 2.46 bits per heavy atom. The maximum absolute atomic E-state index is 5.96. The monoisotopic (exact) mass is 188 g/mol. The van der Waals surface area contributed by atoms with E-state index in [1.54, 1.807) is 7.11 Å². The highest BCUT2D eigenvalue weighted by Gasteiger charge is 2.08. The molecule has 0 heterocycles. The lowest BCUT2D eigenvalue weighted by molar-refractivity contribution is 0.156. The smallest absolute Gasteiger partial charge is 0.0589 e. The molecule has 0 amide bonds. The largest absolute Gasteiger partial charge is 0.383 e. The molecule has 0 aliphatic rings. The van der Waals surface area contributed by atoms with Gasteiger partial charge in [0.2, 0.25) is 0 Å². The standard InChI is InChI=1S/C10H24N2O/c1-9(2)7-10(11)8-12(3)5-6-13-4/h9-10H,5-8,11H2,1-4H3. The number of ether oxygens (including phenoxy) is 1. The van der Waals surface area contributed by atoms with Crippen LogP contribution in [-0.2, 0) is 4.74 Å². The van der Waals surface area contributed by atoms with Crippen LogP contribution in [0.4, 0.5) is 0 Å². The molecule has 0 aliphatic carbocycles. The summed E-state index contributed by atoms with van der Waals surface area (Å²) in [6.45, 7) is 7.11. The van der Waals surface area contributed by atoms with Gasteiger partial charge in [-0.05, 0) is 19.4 Å². The average molecular weight is 188 g/mol. The molecule has 1 atom stereocenters. The molecule has 0 aromatic carbocycles. The van der Waals surface area contributed by atoms with Gasteiger partial charge in [0, 0.05) is 26.2 Å². The van der Waals surface area contributed by atoms with Gasteiger partial charge in [-0.1, -0.05) is 13.8 Å². The zero-order chi connectivity index (χ0) is 10.3. The molecule has 0 spiro atoms. The van der Waals surface area contributed by atoms with Crippen molar-refractivity contribution >= 4 is 0 Å². The summed E-state index contributed by atoms with van der Waals surface area (Å²) in [5.41, 5.74) is 5.96. The molecule has 1 unspecified atom stereocenters. The van der Waals surface area contributed by atoms with Crippen LogP contribution in [0.1, 0.15) is 20.3 Å². The van der Waals surface area contributed by atoms with Crippen molar-refractivity contribution in [3.63, 3.8) is 0 Å². The van der Waals surface area contributed by atoms with Crippen LogP contribution in [0.5, 0.6) is 0 Å². The maximum Gasteiger partial charge on any atom is 0.0589 e. The fourth-order valence-corrected chi connectivity index (χ4v) is 1.42. The summed E-state index contributed by atoms with van der Waals surface area (Å²) in [7, 11) is 3.81. The fourth-order valence-electron chi connectivity index (χ4n) is 1.42. The highest BCUT2D eigenvalue weighted by atomic mass is 16.5. The van der Waals surface area contributed by atoms with Gasteiger partial charge in [-0.25, -0.2) is 0 Å². The highest BCUT2D eigenvalue weighted by molar-refractivity contribution is 4.67. The number of hydrogen-bond donors (Lipinski definition) is 1. The van der Waals surface area contributed by atoms with Gasteiger partial charge in [-0.2, -0.15) is 0 Å². The third-order valence-corrected chi connectivity index (χ3v) is 2.00. The van der Waals surface area contributed by atoms with Gasteiger partial charge in [0.05, 0.1) is 6.61 Å². The SMILES string of the molecule is COCCN(C)CC(N)CC(C)C. The predicted molar refractivity (Wildman–Crippen MR) is 56.8 cm³/mol. The Bertz CT molecular complexity index is 117. The molecule has 3 nitrogen and oxygen atoms in total. The summed E-state index contributed by atoms with van der Waals surface area (Å²) in [5.74, 6) is 0.686. The van der Waals surface area contributed by atoms with Crippen LogP contribution in [0, 0.1) is 5.92 Å². The number of methoxy groups -OCH3 is 1. The minimum atomic E-state index is 0.293. The molecule has 0 aromatic heterocycles. The van der Waals surface area contributed by atoms with E-state index in [4.69, 9.17) is 10.5 Å². The van der Waals surface area contributed by atoms with Gasteiger partial charge in [-0.3, -0.25) is 0 Å². The number of nitrogens with two attached hydrogens (primary N) is 1. The predicted octanol–water partition coefficient (Wildman–Crippen LogP) is 0.938. The van der Waals surface area contributed by atoms with Crippen LogP contribution in [0.2, 0.25) is 0 Å². The van der Waals surface area contributed by atoms with E-state index in [0.29, 0.717) is 12.0 Å². The van der Waals surface area contributed by atoms with Crippen LogP contribution in [0.15, 0.2) is 0 Å². The number of likely N-dealkylation sites (N-methyl/N-ethyl adjacent to an activating group) is 1. The van der Waals surface area contributed by atoms with Crippen molar-refractivity contribution in [2.75, 3.05) is 33.9 Å². The molecule has 0 fully saturated rings. The molecule has 13 heavy (non-hydrogen) atoms. The van der Waals surface area contributed by atoms with Crippen molar-refractivity contribution in [3.05, 3.63) is 0 Å². The lowest BCUT2D eigenvalue weighted by Crippen LogP contribution is -2.37. The quantitative estimate of drug-likeness (QED) is 0.646. The fraction of sp³-hybridized carbons (Fsp3) is 1.00. The first-order valence-corrected chi connectivity index (χ1v) is 4.99. The van der Waals surface area contributed by atoms with Crippen LogP contribution in [0.3, 0.4) is 0 Å². The van der Waals surface area contributed by atoms with E-state index in [1.807, 2.05) is 0 Å². The molecular formula is C10H24N2O. The molecular weight excluding hydrogens is 164 g/mol. The molecule has 2 N–H and O–H groups in total. The van der Waals surface area contributed by atoms with Crippen molar-refractivity contribution in [1.82, 2.24) is 4.90 Å². The van der Waals surface area contributed by atoms with Gasteiger partial charge >= 0.3 is 0 Å². The van der Waals surface area contributed by atoms with Crippen molar-refractivity contribution < 1.29 is 4.74 Å². The Labute approximate surface area is 82.2 Å². The summed E-state index contributed by atoms with van der Waals surface area (Å²) in [4.78, 5) is 2.22. The first-order chi connectivity index (χ1) is 6.06. The summed E-state index contributed by atoms with van der Waals surface area (Å²) >= 11 is 0. The zero-order valence-electron chi connectivity index (χ0n) is 9.42. The van der Waals surface area contributed by atoms with E-state index in [9.17, 15) is 0 Å². The lowest BCUT2D eigenvalue weighted by Gasteiger charge is -2.21. The number of hydrogen-bond acceptors (Lipinski definition) is 3. The van der Waals surface area contributed by atoms with Gasteiger partial charge in [0.15, 0.2) is 0 Å². The molecule has 3 heteroatoms. The van der Waals surface area contributed by atoms with Crippen molar-refractivity contribution in [1.29, 1.82) is 0 Å². The highest BCUT2D eigenvalue weighted by Crippen LogP contribution is 2.03. The van der Waals surface area contributed by atoms with Gasteiger partial charge < -0.3 is 15.4 Å². The van der Waals surface area contributed by atoms with Crippen LogP contribution >= 0.6 is 0 Å². The average Bonchev–Trinajstić information content (AvgIpc) is 1.98. The number of rotatable bonds is 7. The third-order valence-electron chi connectivity index (χ3n) is 2.00. The van der Waals surface area contributed by atoms with Crippen LogP contribution < -0.4 is 5.73 Å². The zero-order valence-corrected chi connectivity index (χ0v) is 9.42. The Kier molecular flexibility index (Phi) is 7.23. The Morgan fingerprint density at radius 1 is 1.38 bits per heavy atom. The third kappa shape index (κ3) is 8.22.